The second-order valence-corrected chi connectivity index (χ2v) is 5.53. The third kappa shape index (κ3) is 4.73. The lowest BCUT2D eigenvalue weighted by molar-refractivity contribution is 0.102. The molecule has 2 rings (SSSR count). The zero-order valence-electron chi connectivity index (χ0n) is 11.7. The summed E-state index contributed by atoms with van der Waals surface area (Å²) >= 11 is 11.6. The number of carbonyl (C=O) groups excluding carboxylic acids is 1. The molecular formula is C16H16Cl2N2O. The van der Waals surface area contributed by atoms with E-state index >= 15 is 0 Å². The first kappa shape index (κ1) is 15.8. The van der Waals surface area contributed by atoms with Gasteiger partial charge in [-0.3, -0.25) is 4.79 Å². The van der Waals surface area contributed by atoms with Gasteiger partial charge < -0.3 is 5.32 Å². The van der Waals surface area contributed by atoms with E-state index in [0.717, 1.165) is 12.1 Å². The number of nitrogens with zero attached hydrogens (tertiary/aromatic N) is 1. The molecule has 0 spiro atoms. The van der Waals surface area contributed by atoms with E-state index in [1.807, 2.05) is 24.3 Å². The molecular weight excluding hydrogens is 307 g/mol. The zero-order valence-corrected chi connectivity index (χ0v) is 13.2. The molecule has 110 valence electrons. The Bertz CT molecular complexity index is 606. The van der Waals surface area contributed by atoms with Gasteiger partial charge >= 0.3 is 0 Å². The molecule has 0 saturated heterocycles. The van der Waals surface area contributed by atoms with Crippen molar-refractivity contribution < 1.29 is 4.79 Å². The fourth-order valence-corrected chi connectivity index (χ4v) is 2.40. The molecule has 21 heavy (non-hydrogen) atoms. The van der Waals surface area contributed by atoms with E-state index in [4.69, 9.17) is 23.2 Å². The van der Waals surface area contributed by atoms with E-state index in [1.54, 1.807) is 0 Å². The Hall–Kier alpha value is -1.58. The highest BCUT2D eigenvalue weighted by Gasteiger charge is 2.09. The predicted molar refractivity (Wildman–Crippen MR) is 87.3 cm³/mol. The number of benzene rings is 1. The van der Waals surface area contributed by atoms with E-state index in [-0.39, 0.29) is 16.2 Å². The Labute approximate surface area is 134 Å². The number of rotatable bonds is 5. The zero-order chi connectivity index (χ0) is 15.2. The number of anilines is 1. The van der Waals surface area contributed by atoms with E-state index in [2.05, 4.69) is 17.2 Å². The van der Waals surface area contributed by atoms with Crippen LogP contribution in [0.2, 0.25) is 10.3 Å². The van der Waals surface area contributed by atoms with Gasteiger partial charge in [0, 0.05) is 11.3 Å². The molecule has 0 atom stereocenters. The van der Waals surface area contributed by atoms with Gasteiger partial charge in [-0.05, 0) is 42.7 Å². The van der Waals surface area contributed by atoms with Crippen LogP contribution in [0.25, 0.3) is 0 Å². The number of halogens is 2. The molecule has 3 nitrogen and oxygen atoms in total. The van der Waals surface area contributed by atoms with Gasteiger partial charge in [-0.25, -0.2) is 4.98 Å². The minimum atomic E-state index is -0.262. The summed E-state index contributed by atoms with van der Waals surface area (Å²) in [5.74, 6) is -0.262. The number of nitrogens with one attached hydrogen (secondary N) is 1. The third-order valence-electron chi connectivity index (χ3n) is 3.06. The first-order valence-electron chi connectivity index (χ1n) is 6.82. The van der Waals surface area contributed by atoms with Crippen LogP contribution in [-0.2, 0) is 6.42 Å². The van der Waals surface area contributed by atoms with Gasteiger partial charge in [0.25, 0.3) is 5.91 Å². The highest BCUT2D eigenvalue weighted by atomic mass is 35.5. The minimum Gasteiger partial charge on any atom is -0.322 e. The molecule has 0 bridgehead atoms. The van der Waals surface area contributed by atoms with E-state index < -0.39 is 0 Å². The van der Waals surface area contributed by atoms with E-state index in [9.17, 15) is 4.79 Å². The predicted octanol–water partition coefficient (Wildman–Crippen LogP) is 4.98. The number of hydrogen-bond donors (Lipinski definition) is 1. The molecule has 1 N–H and O–H groups in total. The van der Waals surface area contributed by atoms with Crippen LogP contribution in [0.5, 0.6) is 0 Å². The first-order valence-corrected chi connectivity index (χ1v) is 7.57. The van der Waals surface area contributed by atoms with Gasteiger partial charge in [0.1, 0.15) is 10.3 Å². The van der Waals surface area contributed by atoms with Crippen molar-refractivity contribution in [1.82, 2.24) is 4.98 Å². The van der Waals surface area contributed by atoms with Gasteiger partial charge in [-0.2, -0.15) is 0 Å². The molecule has 2 aromatic rings. The normalized spacial score (nSPS) is 10.4. The molecule has 1 amide bonds. The average Bonchev–Trinajstić information content (AvgIpc) is 2.45. The summed E-state index contributed by atoms with van der Waals surface area (Å²) in [6.45, 7) is 2.17. The lowest BCUT2D eigenvalue weighted by Gasteiger charge is -2.07. The molecule has 1 aromatic heterocycles. The number of carbonyl (C=O) groups is 1. The summed E-state index contributed by atoms with van der Waals surface area (Å²) in [6, 6.07) is 10.8. The largest absolute Gasteiger partial charge is 0.322 e. The quantitative estimate of drug-likeness (QED) is 0.788. The summed E-state index contributed by atoms with van der Waals surface area (Å²) in [5, 5.41) is 3.21. The fourth-order valence-electron chi connectivity index (χ4n) is 1.93. The van der Waals surface area contributed by atoms with Crippen LogP contribution in [0.1, 0.15) is 35.7 Å². The molecule has 0 aliphatic rings. The van der Waals surface area contributed by atoms with E-state index in [0.29, 0.717) is 5.56 Å². The smallest absolute Gasteiger partial charge is 0.255 e. The molecule has 1 heterocycles. The number of unbranched alkanes of at least 4 members (excludes halogenated alkanes) is 1. The topological polar surface area (TPSA) is 42.0 Å². The van der Waals surface area contributed by atoms with Crippen LogP contribution >= 0.6 is 23.2 Å². The van der Waals surface area contributed by atoms with Crippen molar-refractivity contribution in [3.8, 4) is 0 Å². The number of pyridine rings is 1. The molecule has 0 saturated carbocycles. The summed E-state index contributed by atoms with van der Waals surface area (Å²) in [4.78, 5) is 15.9. The van der Waals surface area contributed by atoms with Crippen LogP contribution in [0, 0.1) is 0 Å². The average molecular weight is 323 g/mol. The maximum absolute atomic E-state index is 12.1. The Morgan fingerprint density at radius 3 is 2.33 bits per heavy atom. The van der Waals surface area contributed by atoms with Crippen molar-refractivity contribution in [3.63, 3.8) is 0 Å². The minimum absolute atomic E-state index is 0.197. The van der Waals surface area contributed by atoms with Gasteiger partial charge in [0.2, 0.25) is 0 Å². The summed E-state index contributed by atoms with van der Waals surface area (Å²) in [7, 11) is 0. The van der Waals surface area contributed by atoms with Gasteiger partial charge in [-0.15, -0.1) is 0 Å². The molecule has 5 heteroatoms. The van der Waals surface area contributed by atoms with Crippen molar-refractivity contribution >= 4 is 34.8 Å². The summed E-state index contributed by atoms with van der Waals surface area (Å²) < 4.78 is 0. The van der Waals surface area contributed by atoms with Crippen LogP contribution in [0.15, 0.2) is 36.4 Å². The second-order valence-electron chi connectivity index (χ2n) is 4.76. The maximum Gasteiger partial charge on any atom is 0.255 e. The van der Waals surface area contributed by atoms with Crippen molar-refractivity contribution in [2.24, 2.45) is 0 Å². The SMILES string of the molecule is CCCCc1ccc(NC(=O)c2cc(Cl)nc(Cl)c2)cc1. The molecule has 0 unspecified atom stereocenters. The maximum atomic E-state index is 12.1. The van der Waals surface area contributed by atoms with Crippen LogP contribution in [-0.4, -0.2) is 10.9 Å². The molecule has 1 aromatic carbocycles. The van der Waals surface area contributed by atoms with E-state index in [1.165, 1.54) is 30.5 Å². The first-order chi connectivity index (χ1) is 10.1. The van der Waals surface area contributed by atoms with Crippen molar-refractivity contribution in [2.75, 3.05) is 5.32 Å². The highest BCUT2D eigenvalue weighted by molar-refractivity contribution is 6.33. The molecule has 0 aliphatic heterocycles. The second kappa shape index (κ2) is 7.43. The highest BCUT2D eigenvalue weighted by Crippen LogP contribution is 2.17. The van der Waals surface area contributed by atoms with Gasteiger partial charge in [-0.1, -0.05) is 48.7 Å². The Kier molecular flexibility index (Phi) is 5.59. The Morgan fingerprint density at radius 2 is 1.76 bits per heavy atom. The van der Waals surface area contributed by atoms with Crippen LogP contribution in [0.3, 0.4) is 0 Å². The van der Waals surface area contributed by atoms with Crippen molar-refractivity contribution in [3.05, 3.63) is 57.8 Å². The molecule has 0 fully saturated rings. The van der Waals surface area contributed by atoms with Gasteiger partial charge in [0.15, 0.2) is 0 Å². The van der Waals surface area contributed by atoms with Gasteiger partial charge in [0.05, 0.1) is 0 Å². The summed E-state index contributed by atoms with van der Waals surface area (Å²) in [5.41, 5.74) is 2.39. The third-order valence-corrected chi connectivity index (χ3v) is 3.44. The standard InChI is InChI=1S/C16H16Cl2N2O/c1-2-3-4-11-5-7-13(8-6-11)19-16(21)12-9-14(17)20-15(18)10-12/h5-10H,2-4H2,1H3,(H,19,21). The molecule has 0 aliphatic carbocycles. The number of hydrogen-bond acceptors (Lipinski definition) is 2. The molecule has 0 radical (unpaired) electrons. The summed E-state index contributed by atoms with van der Waals surface area (Å²) in [6.07, 6.45) is 3.39. The number of aryl methyl sites for hydroxylation is 1. The van der Waals surface area contributed by atoms with Crippen molar-refractivity contribution in [2.45, 2.75) is 26.2 Å². The van der Waals surface area contributed by atoms with Crippen LogP contribution in [0.4, 0.5) is 5.69 Å². The number of aromatic nitrogens is 1. The lowest BCUT2D eigenvalue weighted by atomic mass is 10.1. The lowest BCUT2D eigenvalue weighted by Crippen LogP contribution is -2.12. The monoisotopic (exact) mass is 322 g/mol. The van der Waals surface area contributed by atoms with Crippen LogP contribution < -0.4 is 5.32 Å². The Morgan fingerprint density at radius 1 is 1.14 bits per heavy atom. The Balaban J connectivity index is 2.05. The fraction of sp³-hybridized carbons (Fsp3) is 0.250. The number of amides is 1. The van der Waals surface area contributed by atoms with Crippen molar-refractivity contribution in [1.29, 1.82) is 0 Å².